The molecule has 5 rings (SSSR count). The van der Waals surface area contributed by atoms with Crippen LogP contribution in [0.15, 0.2) is 152 Å². The first kappa shape index (κ1) is 27.8. The first-order chi connectivity index (χ1) is 19.8. The third-order valence-electron chi connectivity index (χ3n) is 7.39. The summed E-state index contributed by atoms with van der Waals surface area (Å²) >= 11 is 0. The van der Waals surface area contributed by atoms with Gasteiger partial charge in [-0.15, -0.1) is 0 Å². The Hall–Kier alpha value is -3.80. The Bertz CT molecular complexity index is 1290. The molecule has 5 aromatic rings. The van der Waals surface area contributed by atoms with Crippen molar-refractivity contribution in [3.8, 4) is 0 Å². The van der Waals surface area contributed by atoms with Crippen molar-refractivity contribution in [2.45, 2.75) is 24.9 Å². The van der Waals surface area contributed by atoms with E-state index >= 15 is 0 Å². The van der Waals surface area contributed by atoms with Gasteiger partial charge in [0.05, 0.1) is 5.41 Å². The minimum atomic E-state index is -2.67. The second kappa shape index (κ2) is 13.0. The lowest BCUT2D eigenvalue weighted by Gasteiger charge is -2.53. The van der Waals surface area contributed by atoms with E-state index < -0.39 is 20.5 Å². The van der Waals surface area contributed by atoms with Crippen LogP contribution in [-0.2, 0) is 24.3 Å². The van der Waals surface area contributed by atoms with Crippen LogP contribution in [0.5, 0.6) is 0 Å². The van der Waals surface area contributed by atoms with Crippen molar-refractivity contribution in [2.75, 3.05) is 13.2 Å². The highest BCUT2D eigenvalue weighted by atomic mass is 28.3. The van der Waals surface area contributed by atoms with E-state index in [-0.39, 0.29) is 0 Å². The monoisotopic (exact) mass is 544 g/mol. The lowest BCUT2D eigenvalue weighted by molar-refractivity contribution is -0.0159. The van der Waals surface area contributed by atoms with Gasteiger partial charge in [-0.3, -0.25) is 0 Å². The lowest BCUT2D eigenvalue weighted by Crippen LogP contribution is -2.56. The second-order valence-electron chi connectivity index (χ2n) is 9.58. The van der Waals surface area contributed by atoms with Gasteiger partial charge in [0, 0.05) is 13.2 Å². The Balaban J connectivity index is 2.02. The molecule has 0 N–H and O–H groups in total. The molecule has 0 radical (unpaired) electrons. The van der Waals surface area contributed by atoms with Crippen LogP contribution in [0.1, 0.15) is 41.7 Å². The molecule has 0 saturated carbocycles. The minimum Gasteiger partial charge on any atom is -0.376 e. The van der Waals surface area contributed by atoms with Gasteiger partial charge in [0.25, 0.3) is 0 Å². The summed E-state index contributed by atoms with van der Waals surface area (Å²) in [6, 6.07) is 53.2. The molecule has 202 valence electrons. The molecule has 0 amide bonds. The van der Waals surface area contributed by atoms with Crippen LogP contribution in [0.4, 0.5) is 0 Å². The molecule has 3 nitrogen and oxygen atoms in total. The molecule has 0 aliphatic carbocycles. The molecule has 0 aromatic heterocycles. The van der Waals surface area contributed by atoms with Crippen LogP contribution in [-0.4, -0.2) is 22.7 Å². The van der Waals surface area contributed by atoms with Crippen molar-refractivity contribution < 1.29 is 13.3 Å². The predicted octanol–water partition coefficient (Wildman–Crippen LogP) is 7.77. The molecule has 0 bridgehead atoms. The fourth-order valence-electron chi connectivity index (χ4n) is 5.88. The highest BCUT2D eigenvalue weighted by Gasteiger charge is 2.59. The van der Waals surface area contributed by atoms with Crippen LogP contribution in [0, 0.1) is 0 Å². The topological polar surface area (TPSA) is 27.7 Å². The molecular formula is C36H36O3Si. The van der Waals surface area contributed by atoms with Gasteiger partial charge in [0.2, 0.25) is 0 Å². The van der Waals surface area contributed by atoms with Crippen molar-refractivity contribution in [3.05, 3.63) is 179 Å². The van der Waals surface area contributed by atoms with E-state index in [0.717, 1.165) is 27.8 Å². The molecule has 0 aliphatic heterocycles. The average Bonchev–Trinajstić information content (AvgIpc) is 3.03. The third-order valence-corrected chi connectivity index (χ3v) is 9.14. The normalized spacial score (nSPS) is 12.0. The summed E-state index contributed by atoms with van der Waals surface area (Å²) in [5.41, 5.74) is 3.51. The van der Waals surface area contributed by atoms with E-state index in [4.69, 9.17) is 13.3 Å². The molecule has 0 atom stereocenters. The fraction of sp³-hybridized carbons (Fsp3) is 0.167. The van der Waals surface area contributed by atoms with E-state index in [1.54, 1.807) is 0 Å². The van der Waals surface area contributed by atoms with Crippen molar-refractivity contribution >= 4 is 9.53 Å². The molecule has 0 aliphatic rings. The zero-order valence-electron chi connectivity index (χ0n) is 23.2. The summed E-state index contributed by atoms with van der Waals surface area (Å²) in [6.45, 7) is 5.00. The molecule has 40 heavy (non-hydrogen) atoms. The SMILES string of the molecule is CCO[SiH](OCC)OC(c1ccccc1)(c1ccccc1)C(c1ccccc1)(c1ccccc1)c1ccccc1. The summed E-state index contributed by atoms with van der Waals surface area (Å²) < 4.78 is 20.1. The largest absolute Gasteiger partial charge is 0.485 e. The minimum absolute atomic E-state index is 0.506. The highest BCUT2D eigenvalue weighted by Crippen LogP contribution is 2.57. The van der Waals surface area contributed by atoms with Gasteiger partial charge in [0.15, 0.2) is 0 Å². The standard InChI is InChI=1S/C36H36O3Si/c1-3-37-40(38-4-2)39-36(33-26-16-8-17-27-33,34-28-18-9-19-29-34)35(30-20-10-5-11-21-30,31-22-12-6-13-23-31)32-24-14-7-15-25-32/h5-29,40H,3-4H2,1-2H3. The quantitative estimate of drug-likeness (QED) is 0.119. The van der Waals surface area contributed by atoms with E-state index in [1.807, 2.05) is 13.8 Å². The van der Waals surface area contributed by atoms with Crippen molar-refractivity contribution in [2.24, 2.45) is 0 Å². The first-order valence-corrected chi connectivity index (χ1v) is 15.4. The Morgan fingerprint density at radius 2 is 0.700 bits per heavy atom. The predicted molar refractivity (Wildman–Crippen MR) is 164 cm³/mol. The van der Waals surface area contributed by atoms with E-state index in [1.165, 1.54) is 0 Å². The van der Waals surface area contributed by atoms with Crippen LogP contribution in [0.2, 0.25) is 0 Å². The van der Waals surface area contributed by atoms with Crippen molar-refractivity contribution in [1.82, 2.24) is 0 Å². The summed E-state index contributed by atoms with van der Waals surface area (Å²) in [5, 5.41) is 0. The Morgan fingerprint density at radius 3 is 0.975 bits per heavy atom. The molecule has 5 aromatic carbocycles. The molecule has 0 spiro atoms. The molecular weight excluding hydrogens is 508 g/mol. The van der Waals surface area contributed by atoms with Crippen molar-refractivity contribution in [1.29, 1.82) is 0 Å². The lowest BCUT2D eigenvalue weighted by atomic mass is 9.55. The number of rotatable bonds is 12. The van der Waals surface area contributed by atoms with Gasteiger partial charge < -0.3 is 13.3 Å². The second-order valence-corrected chi connectivity index (χ2v) is 11.1. The third kappa shape index (κ3) is 5.07. The highest BCUT2D eigenvalue weighted by molar-refractivity contribution is 6.36. The maximum absolute atomic E-state index is 7.51. The average molecular weight is 545 g/mol. The van der Waals surface area contributed by atoms with Gasteiger partial charge >= 0.3 is 9.53 Å². The van der Waals surface area contributed by atoms with Gasteiger partial charge in [0.1, 0.15) is 5.60 Å². The smallest absolute Gasteiger partial charge is 0.376 e. The maximum Gasteiger partial charge on any atom is 0.485 e. The summed E-state index contributed by atoms with van der Waals surface area (Å²) in [6.07, 6.45) is 0. The molecule has 0 heterocycles. The zero-order valence-corrected chi connectivity index (χ0v) is 24.3. The molecule has 4 heteroatoms. The van der Waals surface area contributed by atoms with Crippen LogP contribution in [0.3, 0.4) is 0 Å². The Morgan fingerprint density at radius 1 is 0.425 bits per heavy atom. The van der Waals surface area contributed by atoms with Crippen LogP contribution >= 0.6 is 0 Å². The van der Waals surface area contributed by atoms with Gasteiger partial charge in [-0.25, -0.2) is 0 Å². The number of hydrogen-bond acceptors (Lipinski definition) is 3. The molecule has 0 unspecified atom stereocenters. The summed E-state index contributed by atoms with van der Waals surface area (Å²) in [7, 11) is -2.67. The maximum atomic E-state index is 7.51. The van der Waals surface area contributed by atoms with E-state index in [2.05, 4.69) is 152 Å². The molecule has 0 saturated heterocycles. The summed E-state index contributed by atoms with van der Waals surface area (Å²) in [5.74, 6) is 0. The summed E-state index contributed by atoms with van der Waals surface area (Å²) in [4.78, 5) is 0. The van der Waals surface area contributed by atoms with Gasteiger partial charge in [-0.05, 0) is 41.7 Å². The van der Waals surface area contributed by atoms with Gasteiger partial charge in [-0.2, -0.15) is 0 Å². The first-order valence-electron chi connectivity index (χ1n) is 14.0. The molecule has 0 fully saturated rings. The van der Waals surface area contributed by atoms with Crippen molar-refractivity contribution in [3.63, 3.8) is 0 Å². The zero-order chi connectivity index (χ0) is 27.7. The van der Waals surface area contributed by atoms with Crippen LogP contribution < -0.4 is 0 Å². The Labute approximate surface area is 240 Å². The Kier molecular flexibility index (Phi) is 9.04. The fourth-order valence-corrected chi connectivity index (χ4v) is 7.39. The van der Waals surface area contributed by atoms with Crippen LogP contribution in [0.25, 0.3) is 0 Å². The van der Waals surface area contributed by atoms with E-state index in [9.17, 15) is 0 Å². The number of hydrogen-bond donors (Lipinski definition) is 0. The number of benzene rings is 5. The van der Waals surface area contributed by atoms with Gasteiger partial charge in [-0.1, -0.05) is 152 Å². The van der Waals surface area contributed by atoms with E-state index in [0.29, 0.717) is 13.2 Å².